The second-order valence-corrected chi connectivity index (χ2v) is 8.68. The monoisotopic (exact) mass is 456 g/mol. The number of thiazole rings is 1. The van der Waals surface area contributed by atoms with E-state index in [1.54, 1.807) is 17.4 Å². The Morgan fingerprint density at radius 1 is 1.09 bits per heavy atom. The maximum Gasteiger partial charge on any atom is 0.260 e. The molecule has 0 fully saturated rings. The second kappa shape index (κ2) is 9.42. The number of carbonyl (C=O) groups is 1. The molecule has 0 bridgehead atoms. The zero-order chi connectivity index (χ0) is 22.6. The first-order chi connectivity index (χ1) is 16.2. The number of hydrogen-bond donors (Lipinski definition) is 0. The fraction of sp³-hybridized carbons (Fsp3) is 0.192. The number of ether oxygens (including phenoxy) is 1. The quantitative estimate of drug-likeness (QED) is 0.297. The Balaban J connectivity index is 1.53. The number of fused-ring (bicyclic) bond motifs is 2. The average Bonchev–Trinajstić information content (AvgIpc) is 3.52. The van der Waals surface area contributed by atoms with Gasteiger partial charge in [-0.1, -0.05) is 53.8 Å². The number of carbonyl (C=O) groups excluding carboxylic acids is 1. The van der Waals surface area contributed by atoms with Gasteiger partial charge >= 0.3 is 0 Å². The summed E-state index contributed by atoms with van der Waals surface area (Å²) in [7, 11) is 0. The fourth-order valence-corrected chi connectivity index (χ4v) is 4.98. The summed E-state index contributed by atoms with van der Waals surface area (Å²) in [6, 6.07) is 19.7. The zero-order valence-electron chi connectivity index (χ0n) is 18.3. The van der Waals surface area contributed by atoms with Crippen molar-refractivity contribution in [2.24, 2.45) is 0 Å². The van der Waals surface area contributed by atoms with Crippen LogP contribution < -0.4 is 9.64 Å². The van der Waals surface area contributed by atoms with Gasteiger partial charge in [0.25, 0.3) is 5.91 Å². The van der Waals surface area contributed by atoms with Crippen molar-refractivity contribution in [2.45, 2.75) is 19.9 Å². The largest absolute Gasteiger partial charge is 0.492 e. The molecule has 5 aromatic rings. The average molecular weight is 457 g/mol. The predicted octanol–water partition coefficient (Wildman–Crippen LogP) is 5.78. The maximum absolute atomic E-state index is 13.9. The molecule has 5 rings (SSSR count). The standard InChI is InChI=1S/C26H24N4O2S/c1-2-32-22-12-6-13-23-24(22)28-26(33-23)30(16-7-15-29-17-14-27-18-29)25(31)21-11-5-9-19-8-3-4-10-20(19)21/h3-6,8-14,17-18H,2,7,15-16H2,1H3. The van der Waals surface area contributed by atoms with Crippen LogP contribution in [0.25, 0.3) is 21.0 Å². The molecule has 33 heavy (non-hydrogen) atoms. The highest BCUT2D eigenvalue weighted by atomic mass is 32.1. The van der Waals surface area contributed by atoms with Crippen molar-refractivity contribution in [3.63, 3.8) is 0 Å². The number of para-hydroxylation sites is 1. The number of benzene rings is 3. The molecule has 0 saturated heterocycles. The van der Waals surface area contributed by atoms with E-state index >= 15 is 0 Å². The molecule has 7 heteroatoms. The number of nitrogens with zero attached hydrogens (tertiary/aromatic N) is 4. The van der Waals surface area contributed by atoms with Crippen molar-refractivity contribution < 1.29 is 9.53 Å². The van der Waals surface area contributed by atoms with E-state index in [9.17, 15) is 4.79 Å². The van der Waals surface area contributed by atoms with E-state index in [4.69, 9.17) is 9.72 Å². The molecule has 2 aromatic heterocycles. The molecule has 0 aliphatic heterocycles. The third kappa shape index (κ3) is 4.32. The Hall–Kier alpha value is -3.71. The number of aryl methyl sites for hydroxylation is 1. The fourth-order valence-electron chi connectivity index (χ4n) is 3.97. The third-order valence-electron chi connectivity index (χ3n) is 5.52. The van der Waals surface area contributed by atoms with Crippen LogP contribution in [0, 0.1) is 0 Å². The van der Waals surface area contributed by atoms with Crippen molar-refractivity contribution in [1.82, 2.24) is 14.5 Å². The maximum atomic E-state index is 13.9. The van der Waals surface area contributed by atoms with Gasteiger partial charge in [0.05, 0.1) is 17.6 Å². The minimum Gasteiger partial charge on any atom is -0.492 e. The molecule has 0 unspecified atom stereocenters. The number of rotatable bonds is 8. The smallest absolute Gasteiger partial charge is 0.260 e. The highest BCUT2D eigenvalue weighted by Crippen LogP contribution is 2.35. The van der Waals surface area contributed by atoms with Gasteiger partial charge in [-0.2, -0.15) is 0 Å². The summed E-state index contributed by atoms with van der Waals surface area (Å²) in [6.45, 7) is 3.84. The van der Waals surface area contributed by atoms with Gasteiger partial charge in [0.15, 0.2) is 5.13 Å². The molecule has 0 aliphatic rings. The lowest BCUT2D eigenvalue weighted by Crippen LogP contribution is -2.32. The first-order valence-electron chi connectivity index (χ1n) is 11.0. The Morgan fingerprint density at radius 3 is 2.79 bits per heavy atom. The third-order valence-corrected chi connectivity index (χ3v) is 6.57. The summed E-state index contributed by atoms with van der Waals surface area (Å²) in [5, 5.41) is 2.67. The molecule has 0 spiro atoms. The van der Waals surface area contributed by atoms with Crippen molar-refractivity contribution in [3.05, 3.63) is 84.9 Å². The first kappa shape index (κ1) is 21.2. The highest BCUT2D eigenvalue weighted by molar-refractivity contribution is 7.22. The van der Waals surface area contributed by atoms with E-state index in [0.29, 0.717) is 23.8 Å². The molecule has 0 aliphatic carbocycles. The van der Waals surface area contributed by atoms with Gasteiger partial charge in [-0.15, -0.1) is 0 Å². The van der Waals surface area contributed by atoms with Gasteiger partial charge in [-0.3, -0.25) is 9.69 Å². The molecule has 3 aromatic carbocycles. The van der Waals surface area contributed by atoms with Gasteiger partial charge in [0.1, 0.15) is 11.3 Å². The highest BCUT2D eigenvalue weighted by Gasteiger charge is 2.23. The number of hydrogen-bond acceptors (Lipinski definition) is 5. The van der Waals surface area contributed by atoms with Crippen LogP contribution in [0.3, 0.4) is 0 Å². The van der Waals surface area contributed by atoms with E-state index in [1.165, 1.54) is 11.3 Å². The van der Waals surface area contributed by atoms with Gasteiger partial charge < -0.3 is 9.30 Å². The van der Waals surface area contributed by atoms with Crippen LogP contribution in [0.4, 0.5) is 5.13 Å². The van der Waals surface area contributed by atoms with Crippen molar-refractivity contribution >= 4 is 43.4 Å². The summed E-state index contributed by atoms with van der Waals surface area (Å²) >= 11 is 1.52. The lowest BCUT2D eigenvalue weighted by molar-refractivity contribution is 0.0988. The van der Waals surface area contributed by atoms with Crippen molar-refractivity contribution in [1.29, 1.82) is 0 Å². The number of imidazole rings is 1. The second-order valence-electron chi connectivity index (χ2n) is 7.67. The predicted molar refractivity (Wildman–Crippen MR) is 133 cm³/mol. The molecule has 0 N–H and O–H groups in total. The molecule has 0 radical (unpaired) electrons. The van der Waals surface area contributed by atoms with Crippen molar-refractivity contribution in [3.8, 4) is 5.75 Å². The lowest BCUT2D eigenvalue weighted by Gasteiger charge is -2.21. The molecule has 166 valence electrons. The van der Waals surface area contributed by atoms with E-state index in [-0.39, 0.29) is 5.91 Å². The minimum absolute atomic E-state index is 0.0468. The van der Waals surface area contributed by atoms with E-state index < -0.39 is 0 Å². The molecule has 6 nitrogen and oxygen atoms in total. The van der Waals surface area contributed by atoms with E-state index in [0.717, 1.165) is 39.7 Å². The molecule has 1 amide bonds. The summed E-state index contributed by atoms with van der Waals surface area (Å²) in [5.74, 6) is 0.697. The zero-order valence-corrected chi connectivity index (χ0v) is 19.2. The molecule has 0 saturated carbocycles. The molecular weight excluding hydrogens is 432 g/mol. The minimum atomic E-state index is -0.0468. The number of amides is 1. The Morgan fingerprint density at radius 2 is 1.94 bits per heavy atom. The topological polar surface area (TPSA) is 60.2 Å². The molecular formula is C26H24N4O2S. The Bertz CT molecular complexity index is 1390. The molecule has 2 heterocycles. The summed E-state index contributed by atoms with van der Waals surface area (Å²) in [5.41, 5.74) is 1.48. The van der Waals surface area contributed by atoms with Crippen LogP contribution in [-0.2, 0) is 6.54 Å². The van der Waals surface area contributed by atoms with Crippen molar-refractivity contribution in [2.75, 3.05) is 18.1 Å². The van der Waals surface area contributed by atoms with Crippen LogP contribution in [0.15, 0.2) is 79.4 Å². The van der Waals surface area contributed by atoms with Gasteiger partial charge in [-0.05, 0) is 42.3 Å². The lowest BCUT2D eigenvalue weighted by atomic mass is 10.0. The van der Waals surface area contributed by atoms with Gasteiger partial charge in [0.2, 0.25) is 0 Å². The van der Waals surface area contributed by atoms with E-state index in [2.05, 4.69) is 4.98 Å². The number of anilines is 1. The SMILES string of the molecule is CCOc1cccc2sc(N(CCCn3ccnc3)C(=O)c3cccc4ccccc34)nc12. The summed E-state index contributed by atoms with van der Waals surface area (Å²) in [4.78, 5) is 24.6. The van der Waals surface area contributed by atoms with Gasteiger partial charge in [0, 0.05) is 31.0 Å². The normalized spacial score (nSPS) is 11.2. The van der Waals surface area contributed by atoms with E-state index in [1.807, 2.05) is 78.4 Å². The van der Waals surface area contributed by atoms with Gasteiger partial charge in [-0.25, -0.2) is 9.97 Å². The molecule has 0 atom stereocenters. The Kier molecular flexibility index (Phi) is 6.04. The number of aromatic nitrogens is 3. The first-order valence-corrected chi connectivity index (χ1v) is 11.8. The Labute approximate surface area is 196 Å². The van der Waals surface area contributed by atoms with Crippen LogP contribution in [-0.4, -0.2) is 33.6 Å². The summed E-state index contributed by atoms with van der Waals surface area (Å²) < 4.78 is 8.80. The van der Waals surface area contributed by atoms with Crippen LogP contribution in [0.5, 0.6) is 5.75 Å². The van der Waals surface area contributed by atoms with Crippen LogP contribution >= 0.6 is 11.3 Å². The van der Waals surface area contributed by atoms with Crippen LogP contribution in [0.1, 0.15) is 23.7 Å². The van der Waals surface area contributed by atoms with Crippen LogP contribution in [0.2, 0.25) is 0 Å². The summed E-state index contributed by atoms with van der Waals surface area (Å²) in [6.07, 6.45) is 6.27.